The zero-order chi connectivity index (χ0) is 17.8. The van der Waals surface area contributed by atoms with Gasteiger partial charge in [0.1, 0.15) is 0 Å². The second kappa shape index (κ2) is 7.69. The number of carbonyl (C=O) groups is 2. The van der Waals surface area contributed by atoms with Crippen molar-refractivity contribution in [1.29, 1.82) is 0 Å². The Morgan fingerprint density at radius 2 is 2.04 bits per heavy atom. The summed E-state index contributed by atoms with van der Waals surface area (Å²) in [5.74, 6) is 6.98. The molecule has 25 heavy (non-hydrogen) atoms. The molecule has 132 valence electrons. The molecule has 3 N–H and O–H groups in total. The van der Waals surface area contributed by atoms with Gasteiger partial charge in [0.15, 0.2) is 11.6 Å². The number of nitrogens with zero attached hydrogens (tertiary/aromatic N) is 3. The number of carbonyl (C=O) groups excluding carboxylic acids is 2. The Morgan fingerprint density at radius 1 is 1.32 bits per heavy atom. The van der Waals surface area contributed by atoms with Crippen molar-refractivity contribution in [3.8, 4) is 0 Å². The van der Waals surface area contributed by atoms with E-state index in [-0.39, 0.29) is 17.4 Å². The van der Waals surface area contributed by atoms with Crippen LogP contribution in [0.25, 0.3) is 0 Å². The summed E-state index contributed by atoms with van der Waals surface area (Å²) in [5, 5.41) is 11.4. The molecule has 1 aliphatic carbocycles. The van der Waals surface area contributed by atoms with E-state index in [9.17, 15) is 9.59 Å². The fourth-order valence-corrected chi connectivity index (χ4v) is 3.19. The first-order chi connectivity index (χ1) is 12.0. The van der Waals surface area contributed by atoms with Gasteiger partial charge in [-0.1, -0.05) is 42.1 Å². The summed E-state index contributed by atoms with van der Waals surface area (Å²) in [6, 6.07) is 9.08. The van der Waals surface area contributed by atoms with Crippen molar-refractivity contribution in [3.63, 3.8) is 0 Å². The third-order valence-electron chi connectivity index (χ3n) is 4.07. The summed E-state index contributed by atoms with van der Waals surface area (Å²) in [7, 11) is 0. The average Bonchev–Trinajstić information content (AvgIpc) is 3.37. The van der Waals surface area contributed by atoms with Gasteiger partial charge in [-0.3, -0.25) is 9.59 Å². The van der Waals surface area contributed by atoms with Gasteiger partial charge in [0.05, 0.1) is 11.8 Å². The predicted molar refractivity (Wildman–Crippen MR) is 95.6 cm³/mol. The standard InChI is InChI=1S/C17H21N5O2S/c1-11(23)14(9-12-5-3-2-4-6-12)19-15(24)10-25-17-21-20-16(22(17)18)13-7-8-13/h2-6,13-14H,7-10,18H2,1H3,(H,19,24)/t14-/m0/s1. The molecular formula is C17H21N5O2S. The molecule has 7 nitrogen and oxygen atoms in total. The van der Waals surface area contributed by atoms with Crippen LogP contribution in [0, 0.1) is 0 Å². The predicted octanol–water partition coefficient (Wildman–Crippen LogP) is 1.28. The molecule has 1 amide bonds. The van der Waals surface area contributed by atoms with Gasteiger partial charge in [0.2, 0.25) is 11.1 Å². The van der Waals surface area contributed by atoms with Crippen LogP contribution in [0.4, 0.5) is 0 Å². The Hall–Kier alpha value is -2.35. The minimum atomic E-state index is -0.534. The minimum absolute atomic E-state index is 0.0692. The average molecular weight is 359 g/mol. The molecule has 0 spiro atoms. The molecule has 1 aromatic heterocycles. The molecule has 0 saturated heterocycles. The molecule has 0 radical (unpaired) electrons. The Balaban J connectivity index is 1.54. The van der Waals surface area contributed by atoms with Crippen molar-refractivity contribution in [3.05, 3.63) is 41.7 Å². The molecule has 1 heterocycles. The summed E-state index contributed by atoms with van der Waals surface area (Å²) in [6.07, 6.45) is 2.64. The fraction of sp³-hybridized carbons (Fsp3) is 0.412. The molecule has 1 aliphatic rings. The van der Waals surface area contributed by atoms with E-state index in [0.29, 0.717) is 17.5 Å². The Labute approximate surface area is 150 Å². The lowest BCUT2D eigenvalue weighted by Crippen LogP contribution is -2.42. The van der Waals surface area contributed by atoms with Crippen LogP contribution in [-0.2, 0) is 16.0 Å². The van der Waals surface area contributed by atoms with Crippen molar-refractivity contribution in [1.82, 2.24) is 20.2 Å². The molecular weight excluding hydrogens is 338 g/mol. The molecule has 3 rings (SSSR count). The molecule has 1 saturated carbocycles. The van der Waals surface area contributed by atoms with Gasteiger partial charge in [0, 0.05) is 5.92 Å². The lowest BCUT2D eigenvalue weighted by molar-refractivity contribution is -0.125. The van der Waals surface area contributed by atoms with Gasteiger partial charge < -0.3 is 11.2 Å². The third kappa shape index (κ3) is 4.60. The van der Waals surface area contributed by atoms with Crippen LogP contribution in [0.2, 0.25) is 0 Å². The first-order valence-corrected chi connectivity index (χ1v) is 9.20. The number of nitrogen functional groups attached to an aromatic ring is 1. The van der Waals surface area contributed by atoms with Gasteiger partial charge in [0.25, 0.3) is 0 Å². The van der Waals surface area contributed by atoms with Crippen molar-refractivity contribution in [2.75, 3.05) is 11.6 Å². The number of benzene rings is 1. The molecule has 2 aromatic rings. The van der Waals surface area contributed by atoms with Crippen molar-refractivity contribution >= 4 is 23.5 Å². The van der Waals surface area contributed by atoms with Crippen LogP contribution in [0.1, 0.15) is 37.1 Å². The number of amides is 1. The van der Waals surface area contributed by atoms with Crippen LogP contribution >= 0.6 is 11.8 Å². The van der Waals surface area contributed by atoms with Crippen molar-refractivity contribution in [2.24, 2.45) is 0 Å². The Morgan fingerprint density at radius 3 is 2.68 bits per heavy atom. The largest absolute Gasteiger partial charge is 0.345 e. The maximum atomic E-state index is 12.2. The van der Waals surface area contributed by atoms with Crippen LogP contribution in [-0.4, -0.2) is 38.4 Å². The second-order valence-electron chi connectivity index (χ2n) is 6.19. The molecule has 1 fully saturated rings. The highest BCUT2D eigenvalue weighted by molar-refractivity contribution is 7.99. The first-order valence-electron chi connectivity index (χ1n) is 8.21. The van der Waals surface area contributed by atoms with E-state index < -0.39 is 6.04 Å². The van der Waals surface area contributed by atoms with E-state index in [1.54, 1.807) is 0 Å². The zero-order valence-corrected chi connectivity index (χ0v) is 14.8. The van der Waals surface area contributed by atoms with Crippen LogP contribution in [0.3, 0.4) is 0 Å². The molecule has 1 aromatic carbocycles. The van der Waals surface area contributed by atoms with Crippen LogP contribution in [0.15, 0.2) is 35.5 Å². The number of aromatic nitrogens is 3. The maximum Gasteiger partial charge on any atom is 0.231 e. The topological polar surface area (TPSA) is 103 Å². The summed E-state index contributed by atoms with van der Waals surface area (Å²) in [6.45, 7) is 1.49. The number of hydrogen-bond donors (Lipinski definition) is 2. The number of Topliss-reactive ketones (excluding diaryl/α,β-unsaturated/α-hetero) is 1. The van der Waals surface area contributed by atoms with Crippen molar-refractivity contribution in [2.45, 2.75) is 43.3 Å². The molecule has 1 atom stereocenters. The van der Waals surface area contributed by atoms with E-state index in [1.807, 2.05) is 30.3 Å². The van der Waals surface area contributed by atoms with Gasteiger partial charge in [-0.25, -0.2) is 4.68 Å². The van der Waals surface area contributed by atoms with E-state index >= 15 is 0 Å². The number of nitrogens with one attached hydrogen (secondary N) is 1. The SMILES string of the molecule is CC(=O)[C@H](Cc1ccccc1)NC(=O)CSc1nnc(C2CC2)n1N. The van der Waals surface area contributed by atoms with E-state index in [4.69, 9.17) is 5.84 Å². The fourth-order valence-electron chi connectivity index (χ4n) is 2.52. The van der Waals surface area contributed by atoms with Gasteiger partial charge >= 0.3 is 0 Å². The zero-order valence-electron chi connectivity index (χ0n) is 14.0. The van der Waals surface area contributed by atoms with Gasteiger partial charge in [-0.05, 0) is 31.7 Å². The van der Waals surface area contributed by atoms with Crippen molar-refractivity contribution < 1.29 is 9.59 Å². The second-order valence-corrected chi connectivity index (χ2v) is 7.14. The quantitative estimate of drug-likeness (QED) is 0.544. The molecule has 0 bridgehead atoms. The first kappa shape index (κ1) is 17.5. The highest BCUT2D eigenvalue weighted by atomic mass is 32.2. The van der Waals surface area contributed by atoms with E-state index in [2.05, 4.69) is 15.5 Å². The highest BCUT2D eigenvalue weighted by Gasteiger charge is 2.30. The highest BCUT2D eigenvalue weighted by Crippen LogP contribution is 2.39. The van der Waals surface area contributed by atoms with E-state index in [1.165, 1.54) is 23.4 Å². The molecule has 0 aliphatic heterocycles. The monoisotopic (exact) mass is 359 g/mol. The molecule has 8 heteroatoms. The number of hydrogen-bond acceptors (Lipinski definition) is 6. The molecule has 0 unspecified atom stereocenters. The Kier molecular flexibility index (Phi) is 5.37. The van der Waals surface area contributed by atoms with Gasteiger partial charge in [-0.2, -0.15) is 0 Å². The van der Waals surface area contributed by atoms with Crippen LogP contribution < -0.4 is 11.2 Å². The Bertz CT molecular complexity index is 758. The summed E-state index contributed by atoms with van der Waals surface area (Å²) < 4.78 is 1.46. The van der Waals surface area contributed by atoms with Gasteiger partial charge in [-0.15, -0.1) is 10.2 Å². The lowest BCUT2D eigenvalue weighted by Gasteiger charge is -2.16. The van der Waals surface area contributed by atoms with Crippen LogP contribution in [0.5, 0.6) is 0 Å². The summed E-state index contributed by atoms with van der Waals surface area (Å²) in [4.78, 5) is 24.0. The normalized spacial score (nSPS) is 14.9. The number of thioether (sulfide) groups is 1. The minimum Gasteiger partial charge on any atom is -0.345 e. The van der Waals surface area contributed by atoms with E-state index in [0.717, 1.165) is 24.2 Å². The smallest absolute Gasteiger partial charge is 0.231 e. The maximum absolute atomic E-state index is 12.2. The lowest BCUT2D eigenvalue weighted by atomic mass is 10.0. The number of nitrogens with two attached hydrogens (primary N) is 1. The summed E-state index contributed by atoms with van der Waals surface area (Å²) in [5.41, 5.74) is 1.01. The number of ketones is 1. The summed E-state index contributed by atoms with van der Waals surface area (Å²) >= 11 is 1.22. The number of rotatable bonds is 8. The third-order valence-corrected chi connectivity index (χ3v) is 5.02.